The van der Waals surface area contributed by atoms with Gasteiger partial charge in [-0.25, -0.2) is 0 Å². The Morgan fingerprint density at radius 2 is 2.12 bits per heavy atom. The van der Waals surface area contributed by atoms with Crippen molar-refractivity contribution >= 4 is 29.9 Å². The van der Waals surface area contributed by atoms with Crippen molar-refractivity contribution in [1.29, 1.82) is 0 Å². The number of rotatable bonds is 4. The first kappa shape index (κ1) is 16.2. The number of halogens is 2. The maximum Gasteiger partial charge on any atom is 0.224 e. The number of hydrogen-bond donors (Lipinski definition) is 2. The molecule has 0 saturated carbocycles. The summed E-state index contributed by atoms with van der Waals surface area (Å²) in [7, 11) is 0. The molecule has 0 aliphatic carbocycles. The lowest BCUT2D eigenvalue weighted by Crippen LogP contribution is -2.38. The summed E-state index contributed by atoms with van der Waals surface area (Å²) >= 11 is 5.84. The second-order valence-corrected chi connectivity index (χ2v) is 4.43. The van der Waals surface area contributed by atoms with Crippen molar-refractivity contribution in [3.8, 4) is 0 Å². The third-order valence-electron chi connectivity index (χ3n) is 2.56. The van der Waals surface area contributed by atoms with Crippen molar-refractivity contribution in [1.82, 2.24) is 5.32 Å². The van der Waals surface area contributed by atoms with Crippen molar-refractivity contribution in [3.63, 3.8) is 0 Å². The molecule has 1 aromatic carbocycles. The van der Waals surface area contributed by atoms with E-state index in [1.807, 2.05) is 32.0 Å². The maximum atomic E-state index is 11.6. The first-order valence-corrected chi connectivity index (χ1v) is 5.66. The third kappa shape index (κ3) is 5.39. The van der Waals surface area contributed by atoms with E-state index in [9.17, 15) is 4.79 Å². The highest BCUT2D eigenvalue weighted by Gasteiger charge is 2.16. The molecule has 0 spiro atoms. The third-order valence-corrected chi connectivity index (χ3v) is 2.79. The number of nitrogens with two attached hydrogens (primary N) is 1. The van der Waals surface area contributed by atoms with Gasteiger partial charge in [0.1, 0.15) is 0 Å². The van der Waals surface area contributed by atoms with Crippen LogP contribution in [-0.4, -0.2) is 11.9 Å². The van der Waals surface area contributed by atoms with Crippen LogP contribution in [0.15, 0.2) is 24.3 Å². The van der Waals surface area contributed by atoms with Crippen molar-refractivity contribution < 1.29 is 4.79 Å². The van der Waals surface area contributed by atoms with Crippen LogP contribution in [0.1, 0.15) is 19.4 Å². The quantitative estimate of drug-likeness (QED) is 0.887. The molecule has 0 heterocycles. The van der Waals surface area contributed by atoms with Crippen molar-refractivity contribution in [2.75, 3.05) is 0 Å². The zero-order valence-electron chi connectivity index (χ0n) is 9.94. The lowest BCUT2D eigenvalue weighted by Gasteiger charge is -2.15. The van der Waals surface area contributed by atoms with Gasteiger partial charge in [0.25, 0.3) is 0 Å². The highest BCUT2D eigenvalue weighted by Crippen LogP contribution is 2.10. The van der Waals surface area contributed by atoms with Crippen LogP contribution in [0.3, 0.4) is 0 Å². The van der Waals surface area contributed by atoms with Gasteiger partial charge in [-0.3, -0.25) is 4.79 Å². The van der Waals surface area contributed by atoms with Crippen molar-refractivity contribution in [2.24, 2.45) is 11.7 Å². The molecule has 0 bridgehead atoms. The number of carbonyl (C=O) groups is 1. The Labute approximate surface area is 113 Å². The summed E-state index contributed by atoms with van der Waals surface area (Å²) < 4.78 is 0. The van der Waals surface area contributed by atoms with Crippen molar-refractivity contribution in [3.05, 3.63) is 34.9 Å². The molecule has 3 N–H and O–H groups in total. The fraction of sp³-hybridized carbons (Fsp3) is 0.417. The highest BCUT2D eigenvalue weighted by atomic mass is 35.5. The van der Waals surface area contributed by atoms with Gasteiger partial charge in [-0.05, 0) is 24.6 Å². The second-order valence-electron chi connectivity index (χ2n) is 4.00. The Morgan fingerprint density at radius 1 is 1.47 bits per heavy atom. The van der Waals surface area contributed by atoms with Crippen LogP contribution in [-0.2, 0) is 11.3 Å². The number of nitrogens with one attached hydrogen (secondary N) is 1. The lowest BCUT2D eigenvalue weighted by atomic mass is 10.0. The van der Waals surface area contributed by atoms with Crippen LogP contribution in [0.25, 0.3) is 0 Å². The number of amides is 1. The van der Waals surface area contributed by atoms with E-state index >= 15 is 0 Å². The summed E-state index contributed by atoms with van der Waals surface area (Å²) in [5.74, 6) is -0.214. The normalized spacial score (nSPS) is 13.4. The van der Waals surface area contributed by atoms with Gasteiger partial charge in [-0.1, -0.05) is 30.7 Å². The van der Waals surface area contributed by atoms with E-state index < -0.39 is 0 Å². The van der Waals surface area contributed by atoms with E-state index in [2.05, 4.69) is 5.32 Å². The summed E-state index contributed by atoms with van der Waals surface area (Å²) in [6.07, 6.45) is 0. The summed E-state index contributed by atoms with van der Waals surface area (Å²) in [6.45, 7) is 4.12. The molecule has 0 saturated heterocycles. The van der Waals surface area contributed by atoms with Gasteiger partial charge in [0.15, 0.2) is 0 Å². The first-order valence-electron chi connectivity index (χ1n) is 5.28. The standard InChI is InChI=1S/C12H17ClN2O.ClH/c1-8(9(2)14)12(16)15-7-10-4-3-5-11(13)6-10;/h3-6,8-9H,7,14H2,1-2H3,(H,15,16);1H. The Bertz CT molecular complexity index is 369. The molecule has 1 amide bonds. The number of hydrogen-bond acceptors (Lipinski definition) is 2. The highest BCUT2D eigenvalue weighted by molar-refractivity contribution is 6.30. The van der Waals surface area contributed by atoms with Crippen LogP contribution in [0.5, 0.6) is 0 Å². The molecule has 0 radical (unpaired) electrons. The van der Waals surface area contributed by atoms with Crippen LogP contribution in [0.2, 0.25) is 5.02 Å². The summed E-state index contributed by atoms with van der Waals surface area (Å²) in [5, 5.41) is 3.50. The fourth-order valence-electron chi connectivity index (χ4n) is 1.24. The molecular formula is C12H18Cl2N2O. The second kappa shape index (κ2) is 7.54. The molecule has 17 heavy (non-hydrogen) atoms. The molecule has 0 fully saturated rings. The summed E-state index contributed by atoms with van der Waals surface area (Å²) in [6, 6.07) is 7.27. The van der Waals surface area contributed by atoms with Gasteiger partial charge in [-0.2, -0.15) is 0 Å². The van der Waals surface area contributed by atoms with E-state index in [-0.39, 0.29) is 30.3 Å². The van der Waals surface area contributed by atoms with Crippen LogP contribution in [0.4, 0.5) is 0 Å². The minimum absolute atomic E-state index is 0. The average Bonchev–Trinajstić information content (AvgIpc) is 2.24. The average molecular weight is 277 g/mol. The molecule has 96 valence electrons. The lowest BCUT2D eigenvalue weighted by molar-refractivity contribution is -0.125. The molecular weight excluding hydrogens is 259 g/mol. The molecule has 5 heteroatoms. The zero-order chi connectivity index (χ0) is 12.1. The van der Waals surface area contributed by atoms with E-state index in [4.69, 9.17) is 17.3 Å². The topological polar surface area (TPSA) is 55.1 Å². The molecule has 2 unspecified atom stereocenters. The molecule has 0 aliphatic rings. The minimum atomic E-state index is -0.181. The summed E-state index contributed by atoms with van der Waals surface area (Å²) in [4.78, 5) is 11.6. The van der Waals surface area contributed by atoms with Crippen LogP contribution >= 0.6 is 24.0 Å². The van der Waals surface area contributed by atoms with E-state index in [0.717, 1.165) is 5.56 Å². The van der Waals surface area contributed by atoms with Gasteiger partial charge < -0.3 is 11.1 Å². The Hall–Kier alpha value is -0.770. The largest absolute Gasteiger partial charge is 0.352 e. The minimum Gasteiger partial charge on any atom is -0.352 e. The smallest absolute Gasteiger partial charge is 0.224 e. The maximum absolute atomic E-state index is 11.6. The molecule has 3 nitrogen and oxygen atoms in total. The Balaban J connectivity index is 0.00000256. The van der Waals surface area contributed by atoms with Crippen molar-refractivity contribution in [2.45, 2.75) is 26.4 Å². The zero-order valence-corrected chi connectivity index (χ0v) is 11.5. The first-order chi connectivity index (χ1) is 7.50. The van der Waals surface area contributed by atoms with Gasteiger partial charge in [0.05, 0.1) is 0 Å². The van der Waals surface area contributed by atoms with Crippen LogP contribution in [0, 0.1) is 5.92 Å². The van der Waals surface area contributed by atoms with Gasteiger partial charge in [-0.15, -0.1) is 12.4 Å². The molecule has 0 aliphatic heterocycles. The Kier molecular flexibility index (Phi) is 7.19. The number of benzene rings is 1. The van der Waals surface area contributed by atoms with E-state index in [0.29, 0.717) is 11.6 Å². The fourth-order valence-corrected chi connectivity index (χ4v) is 1.45. The van der Waals surface area contributed by atoms with Gasteiger partial charge >= 0.3 is 0 Å². The van der Waals surface area contributed by atoms with E-state index in [1.54, 1.807) is 6.07 Å². The predicted molar refractivity (Wildman–Crippen MR) is 73.4 cm³/mol. The molecule has 1 aromatic rings. The van der Waals surface area contributed by atoms with Crippen LogP contribution < -0.4 is 11.1 Å². The Morgan fingerprint density at radius 3 is 2.65 bits per heavy atom. The van der Waals surface area contributed by atoms with E-state index in [1.165, 1.54) is 0 Å². The van der Waals surface area contributed by atoms with Gasteiger partial charge in [0, 0.05) is 23.5 Å². The monoisotopic (exact) mass is 276 g/mol. The molecule has 0 aromatic heterocycles. The molecule has 2 atom stereocenters. The summed E-state index contributed by atoms with van der Waals surface area (Å²) in [5.41, 5.74) is 6.63. The van der Waals surface area contributed by atoms with Gasteiger partial charge in [0.2, 0.25) is 5.91 Å². The SMILES string of the molecule is CC(N)C(C)C(=O)NCc1cccc(Cl)c1.Cl. The molecule has 1 rings (SSSR count). The number of carbonyl (C=O) groups excluding carboxylic acids is 1. The predicted octanol–water partition coefficient (Wildman–Crippen LogP) is 2.36.